The number of ketones is 1. The zero-order valence-electron chi connectivity index (χ0n) is 7.88. The quantitative estimate of drug-likeness (QED) is 0.843. The number of hydrogen-bond donors (Lipinski definition) is 1. The maximum atomic E-state index is 13.0. The molecule has 0 aliphatic heterocycles. The third kappa shape index (κ3) is 2.36. The van der Waals surface area contributed by atoms with Gasteiger partial charge in [0.15, 0.2) is 6.10 Å². The van der Waals surface area contributed by atoms with Gasteiger partial charge in [-0.2, -0.15) is 8.78 Å². The van der Waals surface area contributed by atoms with Crippen molar-refractivity contribution in [1.29, 1.82) is 0 Å². The molecule has 0 amide bonds. The first-order valence-electron chi connectivity index (χ1n) is 4.18. The molecule has 0 aliphatic carbocycles. The normalized spacial score (nSPS) is 13.7. The molecule has 0 heterocycles. The predicted molar refractivity (Wildman–Crippen MR) is 47.0 cm³/mol. The minimum absolute atomic E-state index is 0.324. The van der Waals surface area contributed by atoms with Crippen LogP contribution in [0.3, 0.4) is 0 Å². The first-order chi connectivity index (χ1) is 6.85. The highest BCUT2D eigenvalue weighted by atomic mass is 19.3. The zero-order chi connectivity index (χ0) is 11.6. The van der Waals surface area contributed by atoms with Gasteiger partial charge in [0.2, 0.25) is 5.78 Å². The number of carbonyl (C=O) groups excluding carboxylic acids is 1. The molecular weight excluding hydrogens is 209 g/mol. The van der Waals surface area contributed by atoms with Crippen LogP contribution in [0.25, 0.3) is 0 Å². The summed E-state index contributed by atoms with van der Waals surface area (Å²) in [7, 11) is 0. The molecule has 0 spiro atoms. The number of rotatable bonds is 3. The van der Waals surface area contributed by atoms with Crippen molar-refractivity contribution in [3.05, 3.63) is 35.6 Å². The molecule has 0 aromatic heterocycles. The van der Waals surface area contributed by atoms with Crippen LogP contribution in [-0.4, -0.2) is 16.8 Å². The van der Waals surface area contributed by atoms with Gasteiger partial charge in [-0.05, 0) is 17.7 Å². The predicted octanol–water partition coefficient (Wildman–Crippen LogP) is 2.08. The lowest BCUT2D eigenvalue weighted by molar-refractivity contribution is -0.159. The lowest BCUT2D eigenvalue weighted by Crippen LogP contribution is -2.33. The Morgan fingerprint density at radius 2 is 2.07 bits per heavy atom. The molecule has 1 rings (SSSR count). The summed E-state index contributed by atoms with van der Waals surface area (Å²) in [6, 6.07) is 4.14. The number of Topliss-reactive ketones (excluding diaryl/α,β-unsaturated/α-hetero) is 1. The number of benzene rings is 1. The van der Waals surface area contributed by atoms with Crippen LogP contribution in [0.15, 0.2) is 24.3 Å². The Kier molecular flexibility index (Phi) is 3.14. The lowest BCUT2D eigenvalue weighted by Gasteiger charge is -2.19. The molecule has 0 aliphatic rings. The summed E-state index contributed by atoms with van der Waals surface area (Å²) in [6.07, 6.45) is -2.31. The van der Waals surface area contributed by atoms with E-state index in [9.17, 15) is 23.1 Å². The van der Waals surface area contributed by atoms with Crippen LogP contribution in [0.4, 0.5) is 13.2 Å². The number of aliphatic hydroxyl groups is 1. The van der Waals surface area contributed by atoms with E-state index in [2.05, 4.69) is 0 Å². The van der Waals surface area contributed by atoms with Crippen molar-refractivity contribution in [1.82, 2.24) is 0 Å². The summed E-state index contributed by atoms with van der Waals surface area (Å²) >= 11 is 0. The smallest absolute Gasteiger partial charge is 0.334 e. The molecule has 1 unspecified atom stereocenters. The number of alkyl halides is 2. The average molecular weight is 218 g/mol. The molecule has 1 aromatic rings. The molecule has 82 valence electrons. The first kappa shape index (κ1) is 11.7. The van der Waals surface area contributed by atoms with Crippen LogP contribution in [-0.2, 0) is 4.79 Å². The van der Waals surface area contributed by atoms with Crippen molar-refractivity contribution in [2.75, 3.05) is 0 Å². The van der Waals surface area contributed by atoms with Gasteiger partial charge in [0.05, 0.1) is 0 Å². The van der Waals surface area contributed by atoms with E-state index in [1.165, 1.54) is 6.07 Å². The van der Waals surface area contributed by atoms with Gasteiger partial charge in [-0.15, -0.1) is 0 Å². The van der Waals surface area contributed by atoms with E-state index < -0.39 is 23.6 Å². The largest absolute Gasteiger partial charge is 0.382 e. The minimum Gasteiger partial charge on any atom is -0.382 e. The van der Waals surface area contributed by atoms with Crippen LogP contribution < -0.4 is 0 Å². The zero-order valence-corrected chi connectivity index (χ0v) is 7.88. The molecule has 1 N–H and O–H groups in total. The highest BCUT2D eigenvalue weighted by Crippen LogP contribution is 2.32. The molecule has 0 fully saturated rings. The fraction of sp³-hybridized carbons (Fsp3) is 0.300. The molecule has 0 radical (unpaired) electrons. The SMILES string of the molecule is CC(=O)C(F)(F)C(O)c1cccc(F)c1. The summed E-state index contributed by atoms with van der Waals surface area (Å²) in [5, 5.41) is 9.21. The first-order valence-corrected chi connectivity index (χ1v) is 4.18. The Labute approximate surface area is 84.3 Å². The number of halogens is 3. The van der Waals surface area contributed by atoms with Gasteiger partial charge >= 0.3 is 5.92 Å². The summed E-state index contributed by atoms with van der Waals surface area (Å²) < 4.78 is 38.7. The highest BCUT2D eigenvalue weighted by Gasteiger charge is 2.44. The molecule has 0 bridgehead atoms. The Morgan fingerprint density at radius 3 is 2.53 bits per heavy atom. The topological polar surface area (TPSA) is 37.3 Å². The Morgan fingerprint density at radius 1 is 1.47 bits per heavy atom. The second-order valence-corrected chi connectivity index (χ2v) is 3.14. The van der Waals surface area contributed by atoms with E-state index in [1.807, 2.05) is 0 Å². The second-order valence-electron chi connectivity index (χ2n) is 3.14. The minimum atomic E-state index is -3.90. The molecule has 1 atom stereocenters. The fourth-order valence-corrected chi connectivity index (χ4v) is 1.08. The van der Waals surface area contributed by atoms with Gasteiger partial charge in [-0.3, -0.25) is 4.79 Å². The van der Waals surface area contributed by atoms with Crippen LogP contribution in [0.1, 0.15) is 18.6 Å². The Balaban J connectivity index is 3.04. The fourth-order valence-electron chi connectivity index (χ4n) is 1.08. The lowest BCUT2D eigenvalue weighted by atomic mass is 10.0. The monoisotopic (exact) mass is 218 g/mol. The van der Waals surface area contributed by atoms with Crippen molar-refractivity contribution in [2.45, 2.75) is 19.0 Å². The summed E-state index contributed by atoms with van der Waals surface area (Å²) in [5.41, 5.74) is -0.324. The van der Waals surface area contributed by atoms with Crippen LogP contribution in [0.2, 0.25) is 0 Å². The van der Waals surface area contributed by atoms with E-state index in [0.717, 1.165) is 18.2 Å². The van der Waals surface area contributed by atoms with Gasteiger partial charge in [0.1, 0.15) is 5.82 Å². The van der Waals surface area contributed by atoms with E-state index in [-0.39, 0.29) is 5.56 Å². The van der Waals surface area contributed by atoms with Crippen molar-refractivity contribution >= 4 is 5.78 Å². The molecule has 1 aromatic carbocycles. The maximum Gasteiger partial charge on any atom is 0.334 e. The molecule has 5 heteroatoms. The van der Waals surface area contributed by atoms with Crippen molar-refractivity contribution in [2.24, 2.45) is 0 Å². The van der Waals surface area contributed by atoms with E-state index in [4.69, 9.17) is 0 Å². The van der Waals surface area contributed by atoms with Crippen molar-refractivity contribution in [3.63, 3.8) is 0 Å². The molecule has 15 heavy (non-hydrogen) atoms. The summed E-state index contributed by atoms with van der Waals surface area (Å²) in [5.74, 6) is -6.10. The number of hydrogen-bond acceptors (Lipinski definition) is 2. The average Bonchev–Trinajstić information content (AvgIpc) is 2.16. The Bertz CT molecular complexity index is 377. The van der Waals surface area contributed by atoms with Gasteiger partial charge in [0, 0.05) is 6.92 Å². The van der Waals surface area contributed by atoms with Gasteiger partial charge in [-0.25, -0.2) is 4.39 Å². The van der Waals surface area contributed by atoms with E-state index in [0.29, 0.717) is 6.92 Å². The van der Waals surface area contributed by atoms with E-state index in [1.54, 1.807) is 0 Å². The van der Waals surface area contributed by atoms with Crippen LogP contribution in [0, 0.1) is 5.82 Å². The van der Waals surface area contributed by atoms with Gasteiger partial charge < -0.3 is 5.11 Å². The summed E-state index contributed by atoms with van der Waals surface area (Å²) in [6.45, 7) is 0.669. The van der Waals surface area contributed by atoms with Gasteiger partial charge in [-0.1, -0.05) is 12.1 Å². The highest BCUT2D eigenvalue weighted by molar-refractivity contribution is 5.84. The Hall–Kier alpha value is -1.36. The standard InChI is InChI=1S/C10H9F3O2/c1-6(14)10(12,13)9(15)7-3-2-4-8(11)5-7/h2-5,9,15H,1H3. The van der Waals surface area contributed by atoms with Crippen molar-refractivity contribution in [3.8, 4) is 0 Å². The van der Waals surface area contributed by atoms with Crippen molar-refractivity contribution < 1.29 is 23.1 Å². The van der Waals surface area contributed by atoms with Crippen LogP contribution in [0.5, 0.6) is 0 Å². The summed E-state index contributed by atoms with van der Waals surface area (Å²) in [4.78, 5) is 10.6. The second kappa shape index (κ2) is 4.02. The maximum absolute atomic E-state index is 13.0. The third-order valence-corrected chi connectivity index (χ3v) is 1.98. The molecule has 2 nitrogen and oxygen atoms in total. The molecule has 0 saturated heterocycles. The number of carbonyl (C=O) groups is 1. The number of aliphatic hydroxyl groups excluding tert-OH is 1. The van der Waals surface area contributed by atoms with Gasteiger partial charge in [0.25, 0.3) is 0 Å². The third-order valence-electron chi connectivity index (χ3n) is 1.98. The molecule has 0 saturated carbocycles. The van der Waals surface area contributed by atoms with E-state index >= 15 is 0 Å². The molecular formula is C10H9F3O2. The van der Waals surface area contributed by atoms with Crippen LogP contribution >= 0.6 is 0 Å².